The van der Waals surface area contributed by atoms with E-state index in [1.807, 2.05) is 18.2 Å². The summed E-state index contributed by atoms with van der Waals surface area (Å²) < 4.78 is 12.1. The van der Waals surface area contributed by atoms with Gasteiger partial charge in [-0.05, 0) is 48.4 Å². The first kappa shape index (κ1) is 18.2. The number of nitrogens with zero attached hydrogens (tertiary/aromatic N) is 2. The smallest absolute Gasteiger partial charge is 0.262 e. The monoisotopic (exact) mass is 411 g/mol. The number of thiophene rings is 1. The molecule has 5 rings (SSSR count). The van der Waals surface area contributed by atoms with Gasteiger partial charge in [-0.25, -0.2) is 4.98 Å². The third-order valence-electron chi connectivity index (χ3n) is 5.52. The Hall–Kier alpha value is -2.87. The van der Waals surface area contributed by atoms with Crippen molar-refractivity contribution in [3.05, 3.63) is 50.9 Å². The van der Waals surface area contributed by atoms with Crippen molar-refractivity contribution in [3.8, 4) is 11.5 Å². The molecule has 1 aliphatic carbocycles. The molecule has 8 heteroatoms. The molecule has 150 valence electrons. The van der Waals surface area contributed by atoms with E-state index in [0.29, 0.717) is 29.3 Å². The van der Waals surface area contributed by atoms with E-state index in [0.717, 1.165) is 35.2 Å². The van der Waals surface area contributed by atoms with Crippen molar-refractivity contribution in [2.24, 2.45) is 5.92 Å². The zero-order valence-corrected chi connectivity index (χ0v) is 16.9. The van der Waals surface area contributed by atoms with Gasteiger partial charge >= 0.3 is 0 Å². The maximum Gasteiger partial charge on any atom is 0.262 e. The number of benzene rings is 1. The van der Waals surface area contributed by atoms with E-state index in [1.165, 1.54) is 15.8 Å². The van der Waals surface area contributed by atoms with Gasteiger partial charge in [-0.15, -0.1) is 11.3 Å². The van der Waals surface area contributed by atoms with Gasteiger partial charge in [-0.3, -0.25) is 14.2 Å². The lowest BCUT2D eigenvalue weighted by molar-refractivity contribution is -0.121. The van der Waals surface area contributed by atoms with Crippen molar-refractivity contribution in [2.75, 3.05) is 6.79 Å². The average molecular weight is 411 g/mol. The summed E-state index contributed by atoms with van der Waals surface area (Å²) in [4.78, 5) is 31.9. The Kier molecular flexibility index (Phi) is 4.50. The maximum absolute atomic E-state index is 13.0. The Bertz CT molecular complexity index is 1170. The third-order valence-corrected chi connectivity index (χ3v) is 6.69. The fourth-order valence-corrected chi connectivity index (χ4v) is 5.28. The molecule has 1 aliphatic heterocycles. The minimum Gasteiger partial charge on any atom is -0.454 e. The van der Waals surface area contributed by atoms with Gasteiger partial charge in [0.15, 0.2) is 11.5 Å². The molecule has 0 saturated heterocycles. The lowest BCUT2D eigenvalue weighted by Gasteiger charge is -2.17. The number of amides is 1. The zero-order chi connectivity index (χ0) is 20.0. The summed E-state index contributed by atoms with van der Waals surface area (Å²) in [5.41, 5.74) is 1.92. The molecule has 1 aromatic carbocycles. The summed E-state index contributed by atoms with van der Waals surface area (Å²) in [5.74, 6) is 1.79. The van der Waals surface area contributed by atoms with Crippen LogP contribution in [0.25, 0.3) is 10.2 Å². The fraction of sp³-hybridized carbons (Fsp3) is 0.381. The summed E-state index contributed by atoms with van der Waals surface area (Å²) in [6.45, 7) is 2.76. The summed E-state index contributed by atoms with van der Waals surface area (Å²) in [7, 11) is 0. The molecule has 0 radical (unpaired) electrons. The highest BCUT2D eigenvalue weighted by atomic mass is 32.1. The summed E-state index contributed by atoms with van der Waals surface area (Å²) in [6.07, 6.45) is 4.49. The molecule has 3 heterocycles. The van der Waals surface area contributed by atoms with E-state index < -0.39 is 0 Å². The fourth-order valence-electron chi connectivity index (χ4n) is 3.94. The SMILES string of the molecule is C[C@@H]1CCc2c(sc3ncn(CC(=O)NCc4ccc5c(c4)OCO5)c(=O)c23)C1. The number of aromatic nitrogens is 2. The first-order valence-electron chi connectivity index (χ1n) is 9.73. The molecule has 0 unspecified atom stereocenters. The number of carbonyl (C=O) groups excluding carboxylic acids is 1. The highest BCUT2D eigenvalue weighted by Crippen LogP contribution is 2.35. The van der Waals surface area contributed by atoms with Crippen LogP contribution in [0.15, 0.2) is 29.3 Å². The molecule has 1 amide bonds. The lowest BCUT2D eigenvalue weighted by atomic mass is 9.89. The van der Waals surface area contributed by atoms with Crippen molar-refractivity contribution in [1.29, 1.82) is 0 Å². The van der Waals surface area contributed by atoms with E-state index in [9.17, 15) is 9.59 Å². The van der Waals surface area contributed by atoms with Gasteiger partial charge in [-0.2, -0.15) is 0 Å². The molecule has 0 saturated carbocycles. The van der Waals surface area contributed by atoms with Crippen LogP contribution in [-0.2, 0) is 30.7 Å². The first-order valence-corrected chi connectivity index (χ1v) is 10.5. The number of fused-ring (bicyclic) bond motifs is 4. The molecule has 2 aromatic heterocycles. The second kappa shape index (κ2) is 7.18. The lowest BCUT2D eigenvalue weighted by Crippen LogP contribution is -2.32. The van der Waals surface area contributed by atoms with Gasteiger partial charge in [0.05, 0.1) is 11.7 Å². The molecule has 1 N–H and O–H groups in total. The van der Waals surface area contributed by atoms with Crippen LogP contribution in [-0.4, -0.2) is 22.3 Å². The van der Waals surface area contributed by atoms with Crippen molar-refractivity contribution in [2.45, 2.75) is 39.3 Å². The van der Waals surface area contributed by atoms with Gasteiger partial charge in [0.1, 0.15) is 11.4 Å². The van der Waals surface area contributed by atoms with Gasteiger partial charge in [-0.1, -0.05) is 13.0 Å². The zero-order valence-electron chi connectivity index (χ0n) is 16.1. The van der Waals surface area contributed by atoms with Crippen LogP contribution >= 0.6 is 11.3 Å². The molecule has 0 spiro atoms. The largest absolute Gasteiger partial charge is 0.454 e. The Morgan fingerprint density at radius 3 is 3.10 bits per heavy atom. The Morgan fingerprint density at radius 2 is 2.21 bits per heavy atom. The van der Waals surface area contributed by atoms with Crippen LogP contribution in [0.1, 0.15) is 29.3 Å². The standard InChI is InChI=1S/C21H21N3O4S/c1-12-2-4-14-17(6-12)29-20-19(14)21(26)24(10-23-20)9-18(25)22-8-13-3-5-15-16(7-13)28-11-27-15/h3,5,7,10,12H,2,4,6,8-9,11H2,1H3,(H,22,25)/t12-/m1/s1. The molecule has 3 aromatic rings. The maximum atomic E-state index is 13.0. The Labute approximate surface area is 171 Å². The van der Waals surface area contributed by atoms with Crippen molar-refractivity contribution < 1.29 is 14.3 Å². The molecule has 7 nitrogen and oxygen atoms in total. The normalized spacial score (nSPS) is 17.3. The molecular formula is C21H21N3O4S. The van der Waals surface area contributed by atoms with Gasteiger partial charge in [0.2, 0.25) is 12.7 Å². The summed E-state index contributed by atoms with van der Waals surface area (Å²) >= 11 is 1.62. The Morgan fingerprint density at radius 1 is 1.34 bits per heavy atom. The topological polar surface area (TPSA) is 82.5 Å². The number of aryl methyl sites for hydroxylation is 1. The van der Waals surface area contributed by atoms with Crippen molar-refractivity contribution >= 4 is 27.5 Å². The van der Waals surface area contributed by atoms with Crippen LogP contribution in [0.3, 0.4) is 0 Å². The quantitative estimate of drug-likeness (QED) is 0.714. The molecular weight excluding hydrogens is 390 g/mol. The van der Waals surface area contributed by atoms with Crippen LogP contribution < -0.4 is 20.3 Å². The highest BCUT2D eigenvalue weighted by molar-refractivity contribution is 7.18. The predicted molar refractivity (Wildman–Crippen MR) is 109 cm³/mol. The van der Waals surface area contributed by atoms with Gasteiger partial charge in [0.25, 0.3) is 5.56 Å². The van der Waals surface area contributed by atoms with Crippen LogP contribution in [0.5, 0.6) is 11.5 Å². The number of rotatable bonds is 4. The second-order valence-corrected chi connectivity index (χ2v) is 8.76. The van der Waals surface area contributed by atoms with E-state index in [2.05, 4.69) is 17.2 Å². The van der Waals surface area contributed by atoms with E-state index in [1.54, 1.807) is 11.3 Å². The minimum atomic E-state index is -0.233. The first-order chi connectivity index (χ1) is 14.1. The van der Waals surface area contributed by atoms with Crippen molar-refractivity contribution in [3.63, 3.8) is 0 Å². The Balaban J connectivity index is 1.31. The van der Waals surface area contributed by atoms with Crippen LogP contribution in [0.2, 0.25) is 0 Å². The van der Waals surface area contributed by atoms with Crippen LogP contribution in [0.4, 0.5) is 0 Å². The molecule has 29 heavy (non-hydrogen) atoms. The minimum absolute atomic E-state index is 0.0483. The second-order valence-electron chi connectivity index (χ2n) is 7.67. The van der Waals surface area contributed by atoms with Crippen LogP contribution in [0, 0.1) is 5.92 Å². The van der Waals surface area contributed by atoms with E-state index >= 15 is 0 Å². The number of ether oxygens (including phenoxy) is 2. The number of hydrogen-bond donors (Lipinski definition) is 1. The molecule has 2 aliphatic rings. The summed E-state index contributed by atoms with van der Waals surface area (Å²) in [6, 6.07) is 5.56. The highest BCUT2D eigenvalue weighted by Gasteiger charge is 2.23. The average Bonchev–Trinajstić information content (AvgIpc) is 3.32. The molecule has 1 atom stereocenters. The van der Waals surface area contributed by atoms with E-state index in [4.69, 9.17) is 9.47 Å². The predicted octanol–water partition coefficient (Wildman–Crippen LogP) is 2.63. The number of hydrogen-bond acceptors (Lipinski definition) is 6. The third kappa shape index (κ3) is 3.37. The van der Waals surface area contributed by atoms with Crippen molar-refractivity contribution in [1.82, 2.24) is 14.9 Å². The molecule has 0 bridgehead atoms. The summed E-state index contributed by atoms with van der Waals surface area (Å²) in [5, 5.41) is 3.55. The number of carbonyl (C=O) groups is 1. The van der Waals surface area contributed by atoms with Gasteiger partial charge in [0, 0.05) is 11.4 Å². The van der Waals surface area contributed by atoms with E-state index in [-0.39, 0.29) is 24.8 Å². The molecule has 0 fully saturated rings. The number of nitrogens with one attached hydrogen (secondary N) is 1. The van der Waals surface area contributed by atoms with Gasteiger partial charge < -0.3 is 14.8 Å².